The highest BCUT2D eigenvalue weighted by molar-refractivity contribution is 5.62. The van der Waals surface area contributed by atoms with Crippen molar-refractivity contribution in [2.45, 2.75) is 32.2 Å². The second-order valence-electron chi connectivity index (χ2n) is 3.87. The lowest BCUT2D eigenvalue weighted by Gasteiger charge is -2.08. The number of benzene rings is 1. The molecule has 0 unspecified atom stereocenters. The Kier molecular flexibility index (Phi) is 3.86. The van der Waals surface area contributed by atoms with Gasteiger partial charge in [-0.25, -0.2) is 0 Å². The molecule has 0 saturated heterocycles. The molecule has 0 aliphatic heterocycles. The highest BCUT2D eigenvalue weighted by Crippen LogP contribution is 2.30. The number of hydrogen-bond acceptors (Lipinski definition) is 2. The van der Waals surface area contributed by atoms with Crippen molar-refractivity contribution in [2.24, 2.45) is 5.73 Å². The maximum Gasteiger partial charge on any atom is 0.300 e. The highest BCUT2D eigenvalue weighted by atomic mass is 16.4. The van der Waals surface area contributed by atoms with E-state index in [4.69, 9.17) is 15.6 Å². The lowest BCUT2D eigenvalue weighted by atomic mass is 10.0. The van der Waals surface area contributed by atoms with Crippen LogP contribution in [-0.2, 0) is 11.2 Å². The van der Waals surface area contributed by atoms with Gasteiger partial charge in [-0.3, -0.25) is 4.79 Å². The van der Waals surface area contributed by atoms with Crippen LogP contribution in [0, 0.1) is 0 Å². The van der Waals surface area contributed by atoms with Crippen LogP contribution in [0.1, 0.15) is 30.9 Å². The van der Waals surface area contributed by atoms with Gasteiger partial charge in [0, 0.05) is 13.0 Å². The van der Waals surface area contributed by atoms with E-state index in [-0.39, 0.29) is 0 Å². The summed E-state index contributed by atoms with van der Waals surface area (Å²) in [5.41, 5.74) is 8.81. The van der Waals surface area contributed by atoms with Gasteiger partial charge in [0.25, 0.3) is 5.97 Å². The number of nitrogens with two attached hydrogens (primary N) is 1. The Morgan fingerprint density at radius 1 is 1.47 bits per heavy atom. The molecule has 0 aromatic heterocycles. The molecule has 15 heavy (non-hydrogen) atoms. The molecule has 1 aromatic rings. The van der Waals surface area contributed by atoms with E-state index in [9.17, 15) is 0 Å². The van der Waals surface area contributed by atoms with Gasteiger partial charge in [-0.15, -0.1) is 0 Å². The quantitative estimate of drug-likeness (QED) is 0.681. The predicted octanol–water partition coefficient (Wildman–Crippen LogP) is 1.76. The first-order chi connectivity index (χ1) is 7.02. The van der Waals surface area contributed by atoms with Crippen LogP contribution in [0.4, 0.5) is 0 Å². The molecular formula is C12H17NO2. The topological polar surface area (TPSA) is 63.3 Å². The van der Waals surface area contributed by atoms with Crippen molar-refractivity contribution in [3.8, 4) is 0 Å². The molecule has 82 valence electrons. The Bertz CT molecular complexity index is 345. The zero-order valence-corrected chi connectivity index (χ0v) is 9.10. The average molecular weight is 207 g/mol. The van der Waals surface area contributed by atoms with Crippen LogP contribution in [0.2, 0.25) is 0 Å². The van der Waals surface area contributed by atoms with E-state index in [2.05, 4.69) is 31.2 Å². The Labute approximate surface area is 89.9 Å². The summed E-state index contributed by atoms with van der Waals surface area (Å²) in [6.07, 6.45) is 1.05. The molecule has 3 N–H and O–H groups in total. The molecule has 0 radical (unpaired) electrons. The molecule has 0 spiro atoms. The van der Waals surface area contributed by atoms with Crippen molar-refractivity contribution in [3.05, 3.63) is 35.4 Å². The fourth-order valence-corrected chi connectivity index (χ4v) is 1.83. The summed E-state index contributed by atoms with van der Waals surface area (Å²) in [5, 5.41) is 7.42. The molecule has 0 saturated carbocycles. The maximum atomic E-state index is 9.00. The predicted molar refractivity (Wildman–Crippen MR) is 59.8 cm³/mol. The van der Waals surface area contributed by atoms with Gasteiger partial charge in [0.05, 0.1) is 0 Å². The summed E-state index contributed by atoms with van der Waals surface area (Å²) in [7, 11) is 0. The highest BCUT2D eigenvalue weighted by Gasteiger charge is 2.24. The average Bonchev–Trinajstić information content (AvgIpc) is 2.43. The molecule has 2 rings (SSSR count). The van der Waals surface area contributed by atoms with Crippen molar-refractivity contribution in [1.29, 1.82) is 0 Å². The minimum absolute atomic E-state index is 0.340. The molecule has 0 bridgehead atoms. The van der Waals surface area contributed by atoms with Gasteiger partial charge in [0.1, 0.15) is 0 Å². The standard InChI is InChI=1S/C10H13N.C2H4O2/c1-7-9-5-3-2-4-8(9)6-10(7)11;1-2(3)4/h2-5,7,10H,6,11H2,1H3;1H3,(H,3,4)/t7-,10-;/m0./s1. The monoisotopic (exact) mass is 207 g/mol. The second kappa shape index (κ2) is 4.94. The van der Waals surface area contributed by atoms with Crippen LogP contribution in [0.5, 0.6) is 0 Å². The zero-order chi connectivity index (χ0) is 11.4. The van der Waals surface area contributed by atoms with Gasteiger partial charge >= 0.3 is 0 Å². The molecule has 3 nitrogen and oxygen atoms in total. The van der Waals surface area contributed by atoms with Crippen molar-refractivity contribution < 1.29 is 9.90 Å². The van der Waals surface area contributed by atoms with Crippen LogP contribution < -0.4 is 5.73 Å². The van der Waals surface area contributed by atoms with E-state index in [0.29, 0.717) is 12.0 Å². The molecular weight excluding hydrogens is 190 g/mol. The van der Waals surface area contributed by atoms with Crippen molar-refractivity contribution in [2.75, 3.05) is 0 Å². The van der Waals surface area contributed by atoms with E-state index >= 15 is 0 Å². The number of aliphatic carboxylic acids is 1. The molecule has 1 aliphatic rings. The van der Waals surface area contributed by atoms with Gasteiger partial charge in [-0.1, -0.05) is 31.2 Å². The third kappa shape index (κ3) is 3.06. The van der Waals surface area contributed by atoms with Crippen LogP contribution in [0.15, 0.2) is 24.3 Å². The Balaban J connectivity index is 0.000000245. The van der Waals surface area contributed by atoms with E-state index in [1.165, 1.54) is 11.1 Å². The number of carbonyl (C=O) groups is 1. The summed E-state index contributed by atoms with van der Waals surface area (Å²) < 4.78 is 0. The first-order valence-electron chi connectivity index (χ1n) is 5.05. The SMILES string of the molecule is CC(=O)O.C[C@H]1c2ccccc2C[C@@H]1N. The second-order valence-corrected chi connectivity index (χ2v) is 3.87. The van der Waals surface area contributed by atoms with Crippen molar-refractivity contribution >= 4 is 5.97 Å². The fraction of sp³-hybridized carbons (Fsp3) is 0.417. The number of hydrogen-bond donors (Lipinski definition) is 2. The van der Waals surface area contributed by atoms with Gasteiger partial charge in [0.2, 0.25) is 0 Å². The van der Waals surface area contributed by atoms with E-state index in [1.54, 1.807) is 0 Å². The van der Waals surface area contributed by atoms with Crippen LogP contribution in [0.25, 0.3) is 0 Å². The Hall–Kier alpha value is -1.35. The van der Waals surface area contributed by atoms with E-state index in [0.717, 1.165) is 13.3 Å². The number of carboxylic acid groups (broad SMARTS) is 1. The lowest BCUT2D eigenvalue weighted by molar-refractivity contribution is -0.134. The summed E-state index contributed by atoms with van der Waals surface area (Å²) in [6, 6.07) is 8.88. The van der Waals surface area contributed by atoms with Crippen molar-refractivity contribution in [1.82, 2.24) is 0 Å². The van der Waals surface area contributed by atoms with E-state index in [1.807, 2.05) is 0 Å². The summed E-state index contributed by atoms with van der Waals surface area (Å²) in [6.45, 7) is 3.29. The number of fused-ring (bicyclic) bond motifs is 1. The molecule has 0 amide bonds. The molecule has 0 fully saturated rings. The number of carboxylic acids is 1. The molecule has 1 aromatic carbocycles. The van der Waals surface area contributed by atoms with Crippen LogP contribution in [0.3, 0.4) is 0 Å². The van der Waals surface area contributed by atoms with Gasteiger partial charge < -0.3 is 10.8 Å². The molecule has 1 aliphatic carbocycles. The minimum atomic E-state index is -0.833. The lowest BCUT2D eigenvalue weighted by Crippen LogP contribution is -2.22. The summed E-state index contributed by atoms with van der Waals surface area (Å²) in [4.78, 5) is 9.00. The van der Waals surface area contributed by atoms with Crippen LogP contribution in [-0.4, -0.2) is 17.1 Å². The number of rotatable bonds is 0. The summed E-state index contributed by atoms with van der Waals surface area (Å²) in [5.74, 6) is -0.286. The Morgan fingerprint density at radius 3 is 2.53 bits per heavy atom. The maximum absolute atomic E-state index is 9.00. The largest absolute Gasteiger partial charge is 0.481 e. The third-order valence-electron chi connectivity index (χ3n) is 2.64. The normalized spacial score (nSPS) is 22.6. The first kappa shape index (κ1) is 11.7. The minimum Gasteiger partial charge on any atom is -0.481 e. The Morgan fingerprint density at radius 2 is 2.00 bits per heavy atom. The first-order valence-corrected chi connectivity index (χ1v) is 5.05. The van der Waals surface area contributed by atoms with Crippen LogP contribution >= 0.6 is 0 Å². The molecule has 0 heterocycles. The molecule has 3 heteroatoms. The molecule has 2 atom stereocenters. The van der Waals surface area contributed by atoms with Crippen molar-refractivity contribution in [3.63, 3.8) is 0 Å². The smallest absolute Gasteiger partial charge is 0.300 e. The zero-order valence-electron chi connectivity index (χ0n) is 9.10. The summed E-state index contributed by atoms with van der Waals surface area (Å²) >= 11 is 0. The van der Waals surface area contributed by atoms with Gasteiger partial charge in [-0.2, -0.15) is 0 Å². The van der Waals surface area contributed by atoms with E-state index < -0.39 is 5.97 Å². The van der Waals surface area contributed by atoms with Gasteiger partial charge in [0.15, 0.2) is 0 Å². The third-order valence-corrected chi connectivity index (χ3v) is 2.64. The van der Waals surface area contributed by atoms with Gasteiger partial charge in [-0.05, 0) is 23.5 Å². The fourth-order valence-electron chi connectivity index (χ4n) is 1.83.